The summed E-state index contributed by atoms with van der Waals surface area (Å²) in [6.07, 6.45) is -0.0909. The number of amides is 1. The van der Waals surface area contributed by atoms with Gasteiger partial charge in [0, 0.05) is 5.56 Å². The van der Waals surface area contributed by atoms with E-state index in [-0.39, 0.29) is 18.8 Å². The quantitative estimate of drug-likeness (QED) is 0.933. The molecule has 0 aromatic heterocycles. The summed E-state index contributed by atoms with van der Waals surface area (Å²) in [6.45, 7) is 0.0713. The van der Waals surface area contributed by atoms with Gasteiger partial charge in [0.05, 0.1) is 19.1 Å². The zero-order chi connectivity index (χ0) is 17.1. The number of ketones is 1. The molecule has 1 aliphatic heterocycles. The number of hydrogen-bond acceptors (Lipinski definition) is 4. The van der Waals surface area contributed by atoms with Crippen LogP contribution in [-0.2, 0) is 11.2 Å². The fourth-order valence-corrected chi connectivity index (χ4v) is 2.64. The van der Waals surface area contributed by atoms with Crippen LogP contribution in [0.5, 0.6) is 11.5 Å². The average molecular weight is 329 g/mol. The van der Waals surface area contributed by atoms with E-state index in [0.717, 1.165) is 0 Å². The molecule has 1 atom stereocenters. The summed E-state index contributed by atoms with van der Waals surface area (Å²) >= 11 is 0. The Hall–Kier alpha value is -2.89. The molecular formula is C18H16FNO4. The van der Waals surface area contributed by atoms with Crippen molar-refractivity contribution >= 4 is 11.7 Å². The van der Waals surface area contributed by atoms with Crippen LogP contribution in [0.15, 0.2) is 42.5 Å². The lowest BCUT2D eigenvalue weighted by Gasteiger charge is -2.24. The van der Waals surface area contributed by atoms with Crippen LogP contribution in [0.1, 0.15) is 15.9 Å². The van der Waals surface area contributed by atoms with Crippen molar-refractivity contribution in [2.24, 2.45) is 0 Å². The number of fused-ring (bicyclic) bond motifs is 1. The van der Waals surface area contributed by atoms with Gasteiger partial charge in [0.1, 0.15) is 30.0 Å². The third kappa shape index (κ3) is 3.22. The summed E-state index contributed by atoms with van der Waals surface area (Å²) in [6, 6.07) is 10.1. The second kappa shape index (κ2) is 6.70. The largest absolute Gasteiger partial charge is 0.496 e. The maximum Gasteiger partial charge on any atom is 0.225 e. The topological polar surface area (TPSA) is 64.6 Å². The first-order chi connectivity index (χ1) is 11.6. The third-order valence-corrected chi connectivity index (χ3v) is 3.80. The molecule has 1 unspecified atom stereocenters. The fraction of sp³-hybridized carbons (Fsp3) is 0.222. The lowest BCUT2D eigenvalue weighted by atomic mass is 10.0. The maximum absolute atomic E-state index is 13.4. The van der Waals surface area contributed by atoms with Gasteiger partial charge >= 0.3 is 0 Å². The Morgan fingerprint density at radius 3 is 2.92 bits per heavy atom. The molecule has 0 spiro atoms. The summed E-state index contributed by atoms with van der Waals surface area (Å²) < 4.78 is 24.0. The molecule has 3 rings (SSSR count). The second-order valence-electron chi connectivity index (χ2n) is 5.42. The molecule has 1 N–H and O–H groups in total. The fourth-order valence-electron chi connectivity index (χ4n) is 2.64. The Labute approximate surface area is 138 Å². The van der Waals surface area contributed by atoms with Crippen molar-refractivity contribution in [2.75, 3.05) is 13.7 Å². The summed E-state index contributed by atoms with van der Waals surface area (Å²) in [5.74, 6) is -0.121. The molecule has 2 aromatic rings. The molecule has 24 heavy (non-hydrogen) atoms. The molecule has 0 fully saturated rings. The van der Waals surface area contributed by atoms with Gasteiger partial charge in [0.2, 0.25) is 5.91 Å². The molecule has 0 saturated heterocycles. The molecule has 0 bridgehead atoms. The van der Waals surface area contributed by atoms with Crippen LogP contribution in [-0.4, -0.2) is 31.4 Å². The Morgan fingerprint density at radius 1 is 1.33 bits per heavy atom. The summed E-state index contributed by atoms with van der Waals surface area (Å²) in [4.78, 5) is 24.6. The molecule has 0 radical (unpaired) electrons. The molecule has 2 aromatic carbocycles. The molecular weight excluding hydrogens is 313 g/mol. The molecule has 124 valence electrons. The minimum Gasteiger partial charge on any atom is -0.496 e. The molecule has 1 amide bonds. The minimum absolute atomic E-state index is 0.0713. The van der Waals surface area contributed by atoms with Crippen LogP contribution in [0.3, 0.4) is 0 Å². The van der Waals surface area contributed by atoms with E-state index in [0.29, 0.717) is 22.6 Å². The zero-order valence-electron chi connectivity index (χ0n) is 13.0. The van der Waals surface area contributed by atoms with E-state index in [9.17, 15) is 14.0 Å². The minimum atomic E-state index is -0.757. The number of hydrogen-bond donors (Lipinski definition) is 1. The number of rotatable bonds is 4. The van der Waals surface area contributed by atoms with Crippen LogP contribution in [0.25, 0.3) is 0 Å². The average Bonchev–Trinajstić information content (AvgIpc) is 2.58. The van der Waals surface area contributed by atoms with Crippen molar-refractivity contribution in [2.45, 2.75) is 12.5 Å². The zero-order valence-corrected chi connectivity index (χ0v) is 13.0. The van der Waals surface area contributed by atoms with Gasteiger partial charge in [-0.15, -0.1) is 0 Å². The Morgan fingerprint density at radius 2 is 2.12 bits per heavy atom. The van der Waals surface area contributed by atoms with Crippen LogP contribution in [0.2, 0.25) is 0 Å². The van der Waals surface area contributed by atoms with Gasteiger partial charge in [-0.25, -0.2) is 4.39 Å². The lowest BCUT2D eigenvalue weighted by Crippen LogP contribution is -2.47. The Kier molecular flexibility index (Phi) is 4.46. The van der Waals surface area contributed by atoms with Gasteiger partial charge in [-0.05, 0) is 30.3 Å². The van der Waals surface area contributed by atoms with Crippen LogP contribution < -0.4 is 14.8 Å². The highest BCUT2D eigenvalue weighted by molar-refractivity contribution is 6.05. The molecule has 0 aliphatic carbocycles. The first kappa shape index (κ1) is 16.0. The Balaban J connectivity index is 1.70. The molecule has 0 saturated carbocycles. The van der Waals surface area contributed by atoms with E-state index < -0.39 is 17.8 Å². The van der Waals surface area contributed by atoms with Gasteiger partial charge in [-0.3, -0.25) is 9.59 Å². The number of carbonyl (C=O) groups excluding carboxylic acids is 2. The predicted octanol–water partition coefficient (Wildman–Crippen LogP) is 2.14. The summed E-state index contributed by atoms with van der Waals surface area (Å²) in [5, 5.41) is 2.64. The van der Waals surface area contributed by atoms with E-state index in [1.165, 1.54) is 25.3 Å². The van der Waals surface area contributed by atoms with Crippen molar-refractivity contribution in [3.8, 4) is 11.5 Å². The van der Waals surface area contributed by atoms with Crippen LogP contribution >= 0.6 is 0 Å². The highest BCUT2D eigenvalue weighted by atomic mass is 19.1. The monoisotopic (exact) mass is 329 g/mol. The van der Waals surface area contributed by atoms with Gasteiger partial charge in [0.25, 0.3) is 0 Å². The van der Waals surface area contributed by atoms with E-state index in [2.05, 4.69) is 5.32 Å². The van der Waals surface area contributed by atoms with Gasteiger partial charge < -0.3 is 14.8 Å². The number of ether oxygens (including phenoxy) is 2. The van der Waals surface area contributed by atoms with E-state index in [1.54, 1.807) is 24.3 Å². The summed E-state index contributed by atoms with van der Waals surface area (Å²) in [7, 11) is 1.45. The predicted molar refractivity (Wildman–Crippen MR) is 84.9 cm³/mol. The Bertz CT molecular complexity index is 790. The number of methoxy groups -OCH3 is 1. The standard InChI is InChI=1S/C18H16FNO4/c1-23-15-7-6-12(19)8-11(15)9-17(21)20-14-10-24-16-5-3-2-4-13(16)18(14)22/h2-8,14H,9-10H2,1H3,(H,20,21). The van der Waals surface area contributed by atoms with Gasteiger partial charge in [-0.2, -0.15) is 0 Å². The first-order valence-electron chi connectivity index (χ1n) is 7.46. The normalized spacial score (nSPS) is 16.1. The number of Topliss-reactive ketones (excluding diaryl/α,β-unsaturated/α-hetero) is 1. The SMILES string of the molecule is COc1ccc(F)cc1CC(=O)NC1COc2ccccc2C1=O. The van der Waals surface area contributed by atoms with E-state index in [4.69, 9.17) is 9.47 Å². The van der Waals surface area contributed by atoms with Crippen molar-refractivity contribution in [3.05, 3.63) is 59.4 Å². The molecule has 1 heterocycles. The number of carbonyl (C=O) groups is 2. The van der Waals surface area contributed by atoms with Crippen LogP contribution in [0.4, 0.5) is 4.39 Å². The van der Waals surface area contributed by atoms with Gasteiger partial charge in [0.15, 0.2) is 5.78 Å². The van der Waals surface area contributed by atoms with Crippen LogP contribution in [0, 0.1) is 5.82 Å². The molecule has 5 nitrogen and oxygen atoms in total. The number of halogens is 1. The smallest absolute Gasteiger partial charge is 0.225 e. The lowest BCUT2D eigenvalue weighted by molar-refractivity contribution is -0.121. The van der Waals surface area contributed by atoms with Crippen molar-refractivity contribution in [3.63, 3.8) is 0 Å². The first-order valence-corrected chi connectivity index (χ1v) is 7.46. The number of nitrogens with one attached hydrogen (secondary N) is 1. The van der Waals surface area contributed by atoms with E-state index >= 15 is 0 Å². The molecule has 1 aliphatic rings. The highest BCUT2D eigenvalue weighted by Gasteiger charge is 2.29. The number of para-hydroxylation sites is 1. The molecule has 6 heteroatoms. The highest BCUT2D eigenvalue weighted by Crippen LogP contribution is 2.24. The van der Waals surface area contributed by atoms with E-state index in [1.807, 2.05) is 0 Å². The second-order valence-corrected chi connectivity index (χ2v) is 5.42. The number of benzene rings is 2. The summed E-state index contributed by atoms with van der Waals surface area (Å²) in [5.41, 5.74) is 0.858. The van der Waals surface area contributed by atoms with Crippen molar-refractivity contribution in [1.82, 2.24) is 5.32 Å². The van der Waals surface area contributed by atoms with Crippen molar-refractivity contribution in [1.29, 1.82) is 0 Å². The third-order valence-electron chi connectivity index (χ3n) is 3.80. The van der Waals surface area contributed by atoms with Crippen molar-refractivity contribution < 1.29 is 23.5 Å². The maximum atomic E-state index is 13.4. The van der Waals surface area contributed by atoms with Gasteiger partial charge in [-0.1, -0.05) is 12.1 Å².